The van der Waals surface area contributed by atoms with Gasteiger partial charge in [0.2, 0.25) is 11.8 Å². The highest BCUT2D eigenvalue weighted by Crippen LogP contribution is 2.10. The maximum atomic E-state index is 12.1. The molecule has 0 bridgehead atoms. The number of nitrogens with one attached hydrogen (secondary N) is 2. The molecule has 2 rings (SSSR count). The van der Waals surface area contributed by atoms with E-state index in [2.05, 4.69) is 15.3 Å². The number of hydrogen-bond acceptors (Lipinski definition) is 4. The van der Waals surface area contributed by atoms with Gasteiger partial charge in [-0.2, -0.15) is 0 Å². The van der Waals surface area contributed by atoms with Gasteiger partial charge in [-0.1, -0.05) is 0 Å². The number of likely N-dealkylation sites (tertiary alicyclic amines) is 1. The first-order chi connectivity index (χ1) is 10.4. The van der Waals surface area contributed by atoms with Crippen LogP contribution in [0.2, 0.25) is 0 Å². The van der Waals surface area contributed by atoms with E-state index in [9.17, 15) is 14.4 Å². The third-order valence-corrected chi connectivity index (χ3v) is 3.98. The first-order valence-corrected chi connectivity index (χ1v) is 7.48. The van der Waals surface area contributed by atoms with Gasteiger partial charge in [-0.05, 0) is 26.7 Å². The van der Waals surface area contributed by atoms with E-state index in [1.54, 1.807) is 25.7 Å². The minimum Gasteiger partial charge on any atom is -0.353 e. The van der Waals surface area contributed by atoms with Crippen LogP contribution < -0.4 is 10.9 Å². The summed E-state index contributed by atoms with van der Waals surface area (Å²) in [6, 6.07) is 0.0564. The summed E-state index contributed by atoms with van der Waals surface area (Å²) in [5.41, 5.74) is 0.735. The Balaban J connectivity index is 1.92. The van der Waals surface area contributed by atoms with Crippen molar-refractivity contribution < 1.29 is 9.59 Å². The van der Waals surface area contributed by atoms with Gasteiger partial charge in [0, 0.05) is 37.3 Å². The van der Waals surface area contributed by atoms with Gasteiger partial charge in [0.25, 0.3) is 5.56 Å². The van der Waals surface area contributed by atoms with Gasteiger partial charge >= 0.3 is 0 Å². The first kappa shape index (κ1) is 16.2. The molecule has 1 aromatic heterocycles. The van der Waals surface area contributed by atoms with Crippen LogP contribution in [-0.2, 0) is 16.0 Å². The summed E-state index contributed by atoms with van der Waals surface area (Å²) in [5, 5.41) is 2.94. The summed E-state index contributed by atoms with van der Waals surface area (Å²) in [6.07, 6.45) is 1.51. The van der Waals surface area contributed by atoms with Crippen LogP contribution in [0.5, 0.6) is 0 Å². The van der Waals surface area contributed by atoms with E-state index in [0.29, 0.717) is 30.2 Å². The Morgan fingerprint density at radius 2 is 1.95 bits per heavy atom. The average molecular weight is 306 g/mol. The Labute approximate surface area is 129 Å². The van der Waals surface area contributed by atoms with Gasteiger partial charge in [-0.3, -0.25) is 14.4 Å². The van der Waals surface area contributed by atoms with Gasteiger partial charge in [0.15, 0.2) is 0 Å². The monoisotopic (exact) mass is 306 g/mol. The summed E-state index contributed by atoms with van der Waals surface area (Å²) in [4.78, 5) is 43.8. The average Bonchev–Trinajstić information content (AvgIpc) is 2.43. The fourth-order valence-electron chi connectivity index (χ4n) is 2.74. The molecule has 1 aromatic rings. The zero-order chi connectivity index (χ0) is 16.3. The van der Waals surface area contributed by atoms with E-state index in [-0.39, 0.29) is 29.8 Å². The molecule has 0 radical (unpaired) electrons. The van der Waals surface area contributed by atoms with Crippen molar-refractivity contribution in [3.8, 4) is 0 Å². The molecular formula is C15H22N4O3. The third-order valence-electron chi connectivity index (χ3n) is 3.98. The van der Waals surface area contributed by atoms with Crippen LogP contribution in [0.15, 0.2) is 4.79 Å². The summed E-state index contributed by atoms with van der Waals surface area (Å²) in [6.45, 7) is 6.31. The Hall–Kier alpha value is -2.18. The summed E-state index contributed by atoms with van der Waals surface area (Å²) >= 11 is 0. The minimum absolute atomic E-state index is 0.0291. The number of H-pyrrole nitrogens is 1. The molecule has 2 amide bonds. The number of hydrogen-bond donors (Lipinski definition) is 2. The molecule has 120 valence electrons. The Kier molecular flexibility index (Phi) is 4.95. The number of nitrogens with zero attached hydrogens (tertiary/aromatic N) is 2. The van der Waals surface area contributed by atoms with Crippen LogP contribution in [0.4, 0.5) is 0 Å². The highest BCUT2D eigenvalue weighted by Gasteiger charge is 2.22. The Bertz CT molecular complexity index is 630. The largest absolute Gasteiger partial charge is 0.353 e. The van der Waals surface area contributed by atoms with Crippen LogP contribution in [0, 0.1) is 13.8 Å². The maximum Gasteiger partial charge on any atom is 0.254 e. The van der Waals surface area contributed by atoms with Crippen molar-refractivity contribution in [2.45, 2.75) is 46.1 Å². The number of carbonyl (C=O) groups is 2. The van der Waals surface area contributed by atoms with Crippen LogP contribution in [0.3, 0.4) is 0 Å². The van der Waals surface area contributed by atoms with Crippen molar-refractivity contribution >= 4 is 11.8 Å². The van der Waals surface area contributed by atoms with Crippen LogP contribution in [-0.4, -0.2) is 45.8 Å². The minimum atomic E-state index is -0.258. The van der Waals surface area contributed by atoms with Gasteiger partial charge in [-0.25, -0.2) is 4.98 Å². The van der Waals surface area contributed by atoms with Gasteiger partial charge in [-0.15, -0.1) is 0 Å². The van der Waals surface area contributed by atoms with Crippen molar-refractivity contribution in [1.82, 2.24) is 20.2 Å². The molecule has 1 saturated heterocycles. The van der Waals surface area contributed by atoms with Crippen molar-refractivity contribution in [3.63, 3.8) is 0 Å². The molecule has 0 spiro atoms. The van der Waals surface area contributed by atoms with Crippen LogP contribution in [0.1, 0.15) is 36.8 Å². The van der Waals surface area contributed by atoms with Gasteiger partial charge in [0.05, 0.1) is 6.42 Å². The summed E-state index contributed by atoms with van der Waals surface area (Å²) in [7, 11) is 0. The van der Waals surface area contributed by atoms with E-state index >= 15 is 0 Å². The van der Waals surface area contributed by atoms with Gasteiger partial charge in [0.1, 0.15) is 5.82 Å². The zero-order valence-corrected chi connectivity index (χ0v) is 13.2. The Morgan fingerprint density at radius 1 is 1.32 bits per heavy atom. The second-order valence-corrected chi connectivity index (χ2v) is 5.74. The number of carbonyl (C=O) groups excluding carboxylic acids is 2. The molecule has 0 aliphatic carbocycles. The number of amides is 2. The lowest BCUT2D eigenvalue weighted by atomic mass is 10.0. The lowest BCUT2D eigenvalue weighted by Gasteiger charge is -2.31. The number of aromatic nitrogens is 2. The molecule has 0 aromatic carbocycles. The molecule has 2 heterocycles. The summed E-state index contributed by atoms with van der Waals surface area (Å²) < 4.78 is 0. The van der Waals surface area contributed by atoms with E-state index in [1.807, 2.05) is 0 Å². The zero-order valence-electron chi connectivity index (χ0n) is 13.2. The van der Waals surface area contributed by atoms with Gasteiger partial charge < -0.3 is 15.2 Å². The van der Waals surface area contributed by atoms with E-state index in [0.717, 1.165) is 12.8 Å². The molecule has 2 N–H and O–H groups in total. The predicted octanol–water partition coefficient (Wildman–Crippen LogP) is 0.0563. The topological polar surface area (TPSA) is 95.2 Å². The molecule has 0 atom stereocenters. The molecule has 0 unspecified atom stereocenters. The molecule has 7 nitrogen and oxygen atoms in total. The van der Waals surface area contributed by atoms with E-state index in [1.165, 1.54) is 0 Å². The molecule has 1 fully saturated rings. The van der Waals surface area contributed by atoms with Crippen LogP contribution >= 0.6 is 0 Å². The van der Waals surface area contributed by atoms with Crippen molar-refractivity contribution in [1.29, 1.82) is 0 Å². The predicted molar refractivity (Wildman–Crippen MR) is 81.5 cm³/mol. The highest BCUT2D eigenvalue weighted by molar-refractivity contribution is 5.79. The number of aromatic amines is 1. The molecule has 22 heavy (non-hydrogen) atoms. The maximum absolute atomic E-state index is 12.1. The smallest absolute Gasteiger partial charge is 0.254 e. The second-order valence-electron chi connectivity index (χ2n) is 5.74. The number of aryl methyl sites for hydroxylation is 2. The summed E-state index contributed by atoms with van der Waals surface area (Å²) in [5.74, 6) is 0.432. The normalized spacial score (nSPS) is 15.7. The third kappa shape index (κ3) is 3.93. The molecule has 1 aliphatic rings. The SMILES string of the molecule is CC(=O)N1CCC(NC(=O)Cc2c(C)nc(C)[nH]c2=O)CC1. The lowest BCUT2D eigenvalue weighted by molar-refractivity contribution is -0.130. The standard InChI is InChI=1S/C15H22N4O3/c1-9-13(15(22)17-10(2)16-9)8-14(21)18-12-4-6-19(7-5-12)11(3)20/h12H,4-8H2,1-3H3,(H,18,21)(H,16,17,22). The number of rotatable bonds is 3. The lowest BCUT2D eigenvalue weighted by Crippen LogP contribution is -2.46. The fraction of sp³-hybridized carbons (Fsp3) is 0.600. The van der Waals surface area contributed by atoms with Crippen molar-refractivity contribution in [2.24, 2.45) is 0 Å². The Morgan fingerprint density at radius 3 is 2.50 bits per heavy atom. The molecule has 1 aliphatic heterocycles. The highest BCUT2D eigenvalue weighted by atomic mass is 16.2. The van der Waals surface area contributed by atoms with Crippen molar-refractivity contribution in [3.05, 3.63) is 27.4 Å². The molecule has 7 heteroatoms. The first-order valence-electron chi connectivity index (χ1n) is 7.48. The molecule has 0 saturated carbocycles. The quantitative estimate of drug-likeness (QED) is 0.825. The van der Waals surface area contributed by atoms with E-state index < -0.39 is 0 Å². The second kappa shape index (κ2) is 6.72. The van der Waals surface area contributed by atoms with E-state index in [4.69, 9.17) is 0 Å². The van der Waals surface area contributed by atoms with Crippen LogP contribution in [0.25, 0.3) is 0 Å². The fourth-order valence-corrected chi connectivity index (χ4v) is 2.74. The molecular weight excluding hydrogens is 284 g/mol. The van der Waals surface area contributed by atoms with Crippen molar-refractivity contribution in [2.75, 3.05) is 13.1 Å². The number of piperidine rings is 1.